The number of pyridine rings is 1. The number of thiophene rings is 1. The molecule has 4 aromatic rings. The van der Waals surface area contributed by atoms with Crippen LogP contribution < -0.4 is 10.9 Å². The molecule has 1 atom stereocenters. The molecule has 3 N–H and O–H groups in total. The van der Waals surface area contributed by atoms with Gasteiger partial charge in [0.2, 0.25) is 0 Å². The van der Waals surface area contributed by atoms with Crippen molar-refractivity contribution in [3.8, 4) is 11.4 Å². The van der Waals surface area contributed by atoms with Crippen LogP contribution in [0.15, 0.2) is 46.7 Å². The molecule has 1 aromatic carbocycles. The maximum absolute atomic E-state index is 13.3. The van der Waals surface area contributed by atoms with E-state index in [4.69, 9.17) is 4.98 Å². The number of imidazole rings is 1. The number of H-pyrrole nitrogens is 2. The maximum atomic E-state index is 13.3. The monoisotopic (exact) mass is 614 g/mol. The fraction of sp³-hybridized carbons (Fsp3) is 0.346. The first-order valence-corrected chi connectivity index (χ1v) is 14.3. The molecule has 0 unspecified atom stereocenters. The summed E-state index contributed by atoms with van der Waals surface area (Å²) in [7, 11) is 2.13. The molecule has 0 saturated carbocycles. The van der Waals surface area contributed by atoms with E-state index in [9.17, 15) is 9.59 Å². The van der Waals surface area contributed by atoms with Crippen molar-refractivity contribution in [3.63, 3.8) is 0 Å². The number of fused-ring (bicyclic) bond motifs is 2. The molecule has 1 saturated heterocycles. The maximum Gasteiger partial charge on any atom is 0.261 e. The lowest BCUT2D eigenvalue weighted by molar-refractivity contribution is 0.0617. The Labute approximate surface area is 226 Å². The summed E-state index contributed by atoms with van der Waals surface area (Å²) in [6, 6.07) is 10.2. The minimum absolute atomic E-state index is 0.0900. The Bertz CT molecular complexity index is 1470. The topological polar surface area (TPSA) is 97.1 Å². The molecule has 0 bridgehead atoms. The van der Waals surface area contributed by atoms with E-state index in [1.807, 2.05) is 29.2 Å². The van der Waals surface area contributed by atoms with Gasteiger partial charge in [0.05, 0.1) is 20.8 Å². The van der Waals surface area contributed by atoms with Crippen LogP contribution in [0.1, 0.15) is 33.6 Å². The summed E-state index contributed by atoms with van der Waals surface area (Å²) in [6.07, 6.45) is 4.52. The van der Waals surface area contributed by atoms with E-state index in [0.29, 0.717) is 23.4 Å². The molecule has 8 nitrogen and oxygen atoms in total. The summed E-state index contributed by atoms with van der Waals surface area (Å²) in [4.78, 5) is 42.7. The van der Waals surface area contributed by atoms with Crippen LogP contribution in [0.4, 0.5) is 5.69 Å². The Morgan fingerprint density at radius 2 is 2.08 bits per heavy atom. The molecule has 2 aliphatic rings. The summed E-state index contributed by atoms with van der Waals surface area (Å²) in [6.45, 7) is 2.67. The first-order valence-electron chi connectivity index (χ1n) is 12.1. The fourth-order valence-corrected chi connectivity index (χ4v) is 7.08. The lowest BCUT2D eigenvalue weighted by atomic mass is 10.0. The van der Waals surface area contributed by atoms with E-state index in [0.717, 1.165) is 54.7 Å². The van der Waals surface area contributed by atoms with E-state index in [2.05, 4.69) is 61.3 Å². The van der Waals surface area contributed by atoms with Gasteiger partial charge in [-0.05, 0) is 68.2 Å². The Balaban J connectivity index is 1.28. The summed E-state index contributed by atoms with van der Waals surface area (Å²) in [5, 5.41) is 5.55. The minimum atomic E-state index is -0.212. The second kappa shape index (κ2) is 9.64. The summed E-state index contributed by atoms with van der Waals surface area (Å²) < 4.78 is 0.109. The highest BCUT2D eigenvalue weighted by atomic mass is 127. The number of amides is 1. The van der Waals surface area contributed by atoms with Crippen LogP contribution in [-0.4, -0.2) is 60.9 Å². The molecule has 186 valence electrons. The highest BCUT2D eigenvalue weighted by Gasteiger charge is 2.34. The van der Waals surface area contributed by atoms with Gasteiger partial charge in [0, 0.05) is 35.6 Å². The van der Waals surface area contributed by atoms with Crippen LogP contribution in [0.5, 0.6) is 0 Å². The molecular formula is C26H27IN6O2S. The van der Waals surface area contributed by atoms with Crippen molar-refractivity contribution in [1.82, 2.24) is 24.8 Å². The molecule has 3 aromatic heterocycles. The van der Waals surface area contributed by atoms with Crippen molar-refractivity contribution in [3.05, 3.63) is 68.3 Å². The molecule has 0 radical (unpaired) electrons. The molecule has 1 fully saturated rings. The number of aromatic amines is 2. The molecule has 36 heavy (non-hydrogen) atoms. The predicted molar refractivity (Wildman–Crippen MR) is 152 cm³/mol. The largest absolute Gasteiger partial charge is 0.372 e. The normalized spacial score (nSPS) is 17.6. The summed E-state index contributed by atoms with van der Waals surface area (Å²) in [5.41, 5.74) is 4.26. The number of piperidine rings is 1. The van der Waals surface area contributed by atoms with Crippen LogP contribution in [0.2, 0.25) is 0 Å². The Kier molecular flexibility index (Phi) is 6.34. The van der Waals surface area contributed by atoms with Crippen molar-refractivity contribution < 1.29 is 4.79 Å². The van der Waals surface area contributed by atoms with Crippen LogP contribution in [0, 0.1) is 0 Å². The molecule has 2 aliphatic heterocycles. The number of carbonyl (C=O) groups is 1. The predicted octanol–water partition coefficient (Wildman–Crippen LogP) is 4.45. The van der Waals surface area contributed by atoms with Crippen molar-refractivity contribution in [1.29, 1.82) is 0 Å². The zero-order chi connectivity index (χ0) is 24.8. The number of nitrogens with one attached hydrogen (secondary N) is 3. The van der Waals surface area contributed by atoms with Gasteiger partial charge in [0.1, 0.15) is 11.4 Å². The second-order valence-electron chi connectivity index (χ2n) is 9.57. The van der Waals surface area contributed by atoms with Crippen molar-refractivity contribution in [2.45, 2.75) is 35.9 Å². The van der Waals surface area contributed by atoms with Gasteiger partial charge < -0.3 is 25.1 Å². The van der Waals surface area contributed by atoms with E-state index in [1.165, 1.54) is 4.88 Å². The van der Waals surface area contributed by atoms with Gasteiger partial charge in [0.25, 0.3) is 11.5 Å². The van der Waals surface area contributed by atoms with Gasteiger partial charge >= 0.3 is 0 Å². The number of hydrogen-bond acceptors (Lipinski definition) is 6. The van der Waals surface area contributed by atoms with Crippen molar-refractivity contribution in [2.75, 3.05) is 25.5 Å². The number of anilines is 1. The van der Waals surface area contributed by atoms with Gasteiger partial charge in [-0.15, -0.1) is 11.3 Å². The molecule has 10 heteroatoms. The SMILES string of the molecule is CN1CCC(N2Cc3cc4[nH]c(-c5c(N[C@@H](I)Cc6cccs6)cc[nH]c5=O)nc4cc3C2=O)CC1. The van der Waals surface area contributed by atoms with Crippen molar-refractivity contribution >= 4 is 56.6 Å². The van der Waals surface area contributed by atoms with E-state index < -0.39 is 0 Å². The zero-order valence-electron chi connectivity index (χ0n) is 19.9. The van der Waals surface area contributed by atoms with E-state index >= 15 is 0 Å². The third-order valence-corrected chi connectivity index (χ3v) is 8.79. The van der Waals surface area contributed by atoms with Crippen LogP contribution >= 0.6 is 33.9 Å². The highest BCUT2D eigenvalue weighted by molar-refractivity contribution is 14.1. The molecule has 1 amide bonds. The lowest BCUT2D eigenvalue weighted by Gasteiger charge is -2.34. The van der Waals surface area contributed by atoms with Gasteiger partial charge in [-0.1, -0.05) is 28.7 Å². The first-order chi connectivity index (χ1) is 17.5. The third kappa shape index (κ3) is 4.46. The van der Waals surface area contributed by atoms with Crippen LogP contribution in [0.3, 0.4) is 0 Å². The Hall–Kier alpha value is -2.70. The molecule has 6 rings (SSSR count). The Morgan fingerprint density at radius 1 is 1.25 bits per heavy atom. The van der Waals surface area contributed by atoms with E-state index in [-0.39, 0.29) is 21.6 Å². The van der Waals surface area contributed by atoms with Crippen LogP contribution in [-0.2, 0) is 13.0 Å². The quantitative estimate of drug-likeness (QED) is 0.170. The van der Waals surface area contributed by atoms with Crippen molar-refractivity contribution in [2.24, 2.45) is 0 Å². The number of halogens is 1. The molecule has 0 aliphatic carbocycles. The first kappa shape index (κ1) is 23.7. The number of nitrogens with zero attached hydrogens (tertiary/aromatic N) is 3. The average molecular weight is 615 g/mol. The number of hydrogen-bond donors (Lipinski definition) is 3. The lowest BCUT2D eigenvalue weighted by Crippen LogP contribution is -2.43. The van der Waals surface area contributed by atoms with E-state index in [1.54, 1.807) is 17.5 Å². The van der Waals surface area contributed by atoms with Gasteiger partial charge in [-0.2, -0.15) is 0 Å². The number of benzene rings is 1. The van der Waals surface area contributed by atoms with Crippen LogP contribution in [0.25, 0.3) is 22.4 Å². The summed E-state index contributed by atoms with van der Waals surface area (Å²) in [5.74, 6) is 0.588. The molecule has 5 heterocycles. The number of rotatable bonds is 6. The smallest absolute Gasteiger partial charge is 0.261 e. The summed E-state index contributed by atoms with van der Waals surface area (Å²) >= 11 is 4.08. The second-order valence-corrected chi connectivity index (χ2v) is 12.1. The number of carbonyl (C=O) groups excluding carboxylic acids is 1. The molecular weight excluding hydrogens is 587 g/mol. The number of alkyl halides is 1. The number of aromatic nitrogens is 3. The fourth-order valence-electron chi connectivity index (χ4n) is 5.22. The minimum Gasteiger partial charge on any atom is -0.372 e. The third-order valence-electron chi connectivity index (χ3n) is 7.14. The van der Waals surface area contributed by atoms with Gasteiger partial charge in [-0.3, -0.25) is 9.59 Å². The highest BCUT2D eigenvalue weighted by Crippen LogP contribution is 2.33. The average Bonchev–Trinajstić information content (AvgIpc) is 3.58. The standard InChI is InChI=1S/C26H27IN6O2S/c1-32-8-5-16(6-9-32)33-14-15-11-20-21(13-18(15)26(33)35)31-24(30-20)23-19(4-7-28-25(23)34)29-22(27)12-17-3-2-10-36-17/h2-4,7,10-11,13,16,22H,5-6,8-9,12,14H2,1H3,(H,30,31)(H2,28,29,34)/t22-/m1/s1. The molecule has 0 spiro atoms. The Morgan fingerprint density at radius 3 is 2.86 bits per heavy atom. The van der Waals surface area contributed by atoms with Gasteiger partial charge in [0.15, 0.2) is 0 Å². The van der Waals surface area contributed by atoms with Gasteiger partial charge in [-0.25, -0.2) is 4.98 Å². The number of likely N-dealkylation sites (tertiary alicyclic amines) is 1. The zero-order valence-corrected chi connectivity index (χ0v) is 22.9.